The molecule has 4 heteroatoms. The average Bonchev–Trinajstić information content (AvgIpc) is 2.98. The van der Waals surface area contributed by atoms with Gasteiger partial charge in [-0.2, -0.15) is 0 Å². The predicted octanol–water partition coefficient (Wildman–Crippen LogP) is 12.2. The largest absolute Gasteiger partial charge is 0.387 e. The molecule has 0 saturated carbocycles. The molecule has 2 unspecified atom stereocenters. The Morgan fingerprint density at radius 3 is 1.66 bits per heavy atom. The number of halogens is 2. The fourth-order valence-corrected chi connectivity index (χ4v) is 6.74. The molecule has 3 aromatic carbocycles. The van der Waals surface area contributed by atoms with Gasteiger partial charge >= 0.3 is 0 Å². The molecule has 2 nitrogen and oxygen atoms in total. The van der Waals surface area contributed by atoms with E-state index in [-0.39, 0.29) is 18.4 Å². The number of benzene rings is 3. The van der Waals surface area contributed by atoms with E-state index in [2.05, 4.69) is 90.1 Å². The van der Waals surface area contributed by atoms with Crippen molar-refractivity contribution in [2.75, 3.05) is 13.1 Å². The molecular weight excluding hydrogens is 590 g/mol. The summed E-state index contributed by atoms with van der Waals surface area (Å²) in [4.78, 5) is 2.59. The van der Waals surface area contributed by atoms with Crippen LogP contribution >= 0.6 is 28.3 Å². The first kappa shape index (κ1) is 36.1. The third-order valence-corrected chi connectivity index (χ3v) is 9.46. The molecule has 0 bridgehead atoms. The molecule has 230 valence electrons. The van der Waals surface area contributed by atoms with E-state index in [1.807, 2.05) is 0 Å². The van der Waals surface area contributed by atoms with E-state index in [1.165, 1.54) is 124 Å². The zero-order valence-corrected chi connectivity index (χ0v) is 28.6. The third-order valence-electron chi connectivity index (χ3n) is 8.81. The van der Waals surface area contributed by atoms with E-state index < -0.39 is 6.10 Å². The predicted molar refractivity (Wildman–Crippen MR) is 188 cm³/mol. The normalized spacial score (nSPS) is 13.1. The molecule has 2 atom stereocenters. The highest BCUT2D eigenvalue weighted by Gasteiger charge is 2.23. The van der Waals surface area contributed by atoms with E-state index in [0.29, 0.717) is 0 Å². The second-order valence-electron chi connectivity index (χ2n) is 12.1. The molecule has 0 fully saturated rings. The second kappa shape index (κ2) is 20.7. The molecule has 0 aromatic heterocycles. The lowest BCUT2D eigenvalue weighted by Gasteiger charge is -2.33. The van der Waals surface area contributed by atoms with Gasteiger partial charge in [-0.1, -0.05) is 156 Å². The highest BCUT2D eigenvalue weighted by Crippen LogP contribution is 2.34. The van der Waals surface area contributed by atoms with Crippen molar-refractivity contribution in [2.24, 2.45) is 0 Å². The Balaban J connectivity index is 0.00000588. The maximum absolute atomic E-state index is 11.6. The van der Waals surface area contributed by atoms with E-state index in [4.69, 9.17) is 0 Å². The van der Waals surface area contributed by atoms with E-state index >= 15 is 0 Å². The van der Waals surface area contributed by atoms with Crippen molar-refractivity contribution in [3.63, 3.8) is 0 Å². The van der Waals surface area contributed by atoms with Crippen LogP contribution in [0.3, 0.4) is 0 Å². The third kappa shape index (κ3) is 11.8. The summed E-state index contributed by atoms with van der Waals surface area (Å²) >= 11 is 3.75. The summed E-state index contributed by atoms with van der Waals surface area (Å²) in [5.41, 5.74) is 1.03. The molecular formula is C37H57BrClNO. The number of aliphatic hydroxyl groups is 1. The SMILES string of the molecule is CCCCCCCCCCN(CCCCCCCCCC)C(C)C(O)c1ccc2cc(Br)c3ccccc3c2c1.Cl. The lowest BCUT2D eigenvalue weighted by Crippen LogP contribution is -2.39. The van der Waals surface area contributed by atoms with Gasteiger partial charge in [0, 0.05) is 10.5 Å². The molecule has 0 spiro atoms. The van der Waals surface area contributed by atoms with Gasteiger partial charge < -0.3 is 5.11 Å². The van der Waals surface area contributed by atoms with Gasteiger partial charge in [0.05, 0.1) is 6.10 Å². The minimum atomic E-state index is -0.491. The Labute approximate surface area is 266 Å². The van der Waals surface area contributed by atoms with Crippen LogP contribution in [0.4, 0.5) is 0 Å². The number of rotatable bonds is 21. The van der Waals surface area contributed by atoms with Crippen LogP contribution in [0, 0.1) is 0 Å². The monoisotopic (exact) mass is 645 g/mol. The summed E-state index contributed by atoms with van der Waals surface area (Å²) in [5, 5.41) is 16.5. The van der Waals surface area contributed by atoms with Crippen LogP contribution in [0.15, 0.2) is 53.0 Å². The number of aliphatic hydroxyl groups excluding tert-OH is 1. The Bertz CT molecular complexity index is 1100. The molecule has 0 aliphatic carbocycles. The van der Waals surface area contributed by atoms with Crippen LogP contribution in [0.5, 0.6) is 0 Å². The Morgan fingerprint density at radius 2 is 1.12 bits per heavy atom. The molecule has 0 amide bonds. The maximum Gasteiger partial charge on any atom is 0.0942 e. The standard InChI is InChI=1S/C37H56BrNO.ClH/c1-4-6-8-10-12-14-16-20-26-39(27-21-17-15-13-11-9-7-5-2)30(3)37(40)32-25-24-31-29-36(38)34-23-19-18-22-33(34)35(31)28-32;/h18-19,22-25,28-30,37,40H,4-17,20-21,26-27H2,1-3H3;1H. The molecule has 0 radical (unpaired) electrons. The zero-order valence-electron chi connectivity index (χ0n) is 26.2. The van der Waals surface area contributed by atoms with Gasteiger partial charge in [-0.25, -0.2) is 0 Å². The Morgan fingerprint density at radius 1 is 0.634 bits per heavy atom. The smallest absolute Gasteiger partial charge is 0.0942 e. The number of hydrogen-bond acceptors (Lipinski definition) is 2. The van der Waals surface area contributed by atoms with Gasteiger partial charge in [-0.15, -0.1) is 12.4 Å². The fraction of sp³-hybridized carbons (Fsp3) is 0.622. The molecule has 1 N–H and O–H groups in total. The van der Waals surface area contributed by atoms with E-state index in [9.17, 15) is 5.11 Å². The summed E-state index contributed by atoms with van der Waals surface area (Å²) in [6.07, 6.45) is 21.0. The van der Waals surface area contributed by atoms with Gasteiger partial charge in [-0.3, -0.25) is 4.90 Å². The van der Waals surface area contributed by atoms with Crippen molar-refractivity contribution in [3.05, 3.63) is 58.6 Å². The number of nitrogens with zero attached hydrogens (tertiary/aromatic N) is 1. The molecule has 41 heavy (non-hydrogen) atoms. The first-order valence-corrected chi connectivity index (χ1v) is 17.4. The van der Waals surface area contributed by atoms with Gasteiger partial charge in [0.15, 0.2) is 0 Å². The summed E-state index contributed by atoms with van der Waals surface area (Å²) in [6.45, 7) is 9.00. The molecule has 0 aliphatic rings. The van der Waals surface area contributed by atoms with E-state index in [0.717, 1.165) is 23.1 Å². The minimum Gasteiger partial charge on any atom is -0.387 e. The van der Waals surface area contributed by atoms with Crippen LogP contribution in [0.1, 0.15) is 135 Å². The Kier molecular flexibility index (Phi) is 18.2. The summed E-state index contributed by atoms with van der Waals surface area (Å²) in [6, 6.07) is 17.4. The minimum absolute atomic E-state index is 0. The first-order valence-electron chi connectivity index (χ1n) is 16.6. The second-order valence-corrected chi connectivity index (χ2v) is 12.9. The van der Waals surface area contributed by atoms with Crippen LogP contribution in [-0.4, -0.2) is 29.1 Å². The lowest BCUT2D eigenvalue weighted by molar-refractivity contribution is 0.0555. The van der Waals surface area contributed by atoms with Gasteiger partial charge in [0.2, 0.25) is 0 Å². The molecule has 0 heterocycles. The van der Waals surface area contributed by atoms with E-state index in [1.54, 1.807) is 0 Å². The highest BCUT2D eigenvalue weighted by molar-refractivity contribution is 9.10. The van der Waals surface area contributed by atoms with Crippen molar-refractivity contribution in [1.29, 1.82) is 0 Å². The van der Waals surface area contributed by atoms with Crippen LogP contribution in [0.25, 0.3) is 21.5 Å². The molecule has 0 aliphatic heterocycles. The maximum atomic E-state index is 11.6. The van der Waals surface area contributed by atoms with Gasteiger partial charge in [-0.05, 0) is 72.1 Å². The fourth-order valence-electron chi connectivity index (χ4n) is 6.15. The number of unbranched alkanes of at least 4 members (excludes halogenated alkanes) is 14. The topological polar surface area (TPSA) is 23.5 Å². The van der Waals surface area contributed by atoms with Crippen LogP contribution in [0.2, 0.25) is 0 Å². The summed E-state index contributed by atoms with van der Waals surface area (Å²) in [5.74, 6) is 0. The zero-order chi connectivity index (χ0) is 28.6. The average molecular weight is 647 g/mol. The quantitative estimate of drug-likeness (QED) is 0.0919. The lowest BCUT2D eigenvalue weighted by atomic mass is 9.95. The summed E-state index contributed by atoms with van der Waals surface area (Å²) < 4.78 is 1.12. The summed E-state index contributed by atoms with van der Waals surface area (Å²) in [7, 11) is 0. The van der Waals surface area contributed by atoms with Gasteiger partial charge in [0.1, 0.15) is 0 Å². The van der Waals surface area contributed by atoms with Crippen LogP contribution in [-0.2, 0) is 0 Å². The highest BCUT2D eigenvalue weighted by atomic mass is 79.9. The Hall–Kier alpha value is -1.13. The van der Waals surface area contributed by atoms with Crippen LogP contribution < -0.4 is 0 Å². The molecule has 3 aromatic rings. The molecule has 0 saturated heterocycles. The molecule has 3 rings (SSSR count). The van der Waals surface area contributed by atoms with Gasteiger partial charge in [0.25, 0.3) is 0 Å². The number of hydrogen-bond donors (Lipinski definition) is 1. The van der Waals surface area contributed by atoms with Crippen molar-refractivity contribution in [3.8, 4) is 0 Å². The first-order chi connectivity index (χ1) is 19.6. The number of fused-ring (bicyclic) bond motifs is 3. The van der Waals surface area contributed by atoms with Crippen molar-refractivity contribution >= 4 is 49.9 Å². The van der Waals surface area contributed by atoms with Crippen molar-refractivity contribution < 1.29 is 5.11 Å². The van der Waals surface area contributed by atoms with Crippen molar-refractivity contribution in [1.82, 2.24) is 4.90 Å². The van der Waals surface area contributed by atoms with Crippen molar-refractivity contribution in [2.45, 2.75) is 136 Å².